The molecule has 0 radical (unpaired) electrons. The van der Waals surface area contributed by atoms with Crippen molar-refractivity contribution in [3.8, 4) is 22.4 Å². The van der Waals surface area contributed by atoms with Crippen LogP contribution in [0.2, 0.25) is 0 Å². The molecule has 1 aliphatic heterocycles. The van der Waals surface area contributed by atoms with Crippen LogP contribution in [0.25, 0.3) is 22.4 Å². The van der Waals surface area contributed by atoms with Gasteiger partial charge in [-0.1, -0.05) is 47.6 Å². The largest absolute Gasteiger partial charge is 0.360 e. The molecule has 1 aliphatic carbocycles. The minimum atomic E-state index is -0.732. The number of amides is 3. The number of carbonyl (C=O) groups is 4. The number of rotatable bonds is 7. The average molecular weight is 473 g/mol. The molecule has 1 N–H and O–H groups in total. The Bertz CT molecular complexity index is 1290. The highest BCUT2D eigenvalue weighted by Crippen LogP contribution is 2.40. The van der Waals surface area contributed by atoms with Crippen LogP contribution in [0.4, 0.5) is 0 Å². The summed E-state index contributed by atoms with van der Waals surface area (Å²) in [5.74, 6) is -1.43. The summed E-state index contributed by atoms with van der Waals surface area (Å²) in [6, 6.07) is 16.8. The maximum Gasteiger partial charge on any atom is 0.335 e. The van der Waals surface area contributed by atoms with E-state index in [0.29, 0.717) is 29.2 Å². The van der Waals surface area contributed by atoms with Crippen LogP contribution in [0.15, 0.2) is 59.1 Å². The van der Waals surface area contributed by atoms with E-state index in [1.54, 1.807) is 12.1 Å². The van der Waals surface area contributed by atoms with Crippen molar-refractivity contribution >= 4 is 23.7 Å². The summed E-state index contributed by atoms with van der Waals surface area (Å²) in [6.45, 7) is 1.84. The highest BCUT2D eigenvalue weighted by Gasteiger charge is 2.47. The Morgan fingerprint density at radius 3 is 2.29 bits per heavy atom. The molecule has 9 heteroatoms. The molecule has 2 aromatic carbocycles. The average Bonchev–Trinajstić information content (AvgIpc) is 3.38. The van der Waals surface area contributed by atoms with Gasteiger partial charge in [-0.05, 0) is 37.5 Å². The zero-order valence-electron chi connectivity index (χ0n) is 19.1. The van der Waals surface area contributed by atoms with Gasteiger partial charge < -0.3 is 14.7 Å². The number of hydrogen-bond acceptors (Lipinski definition) is 7. The van der Waals surface area contributed by atoms with E-state index in [4.69, 9.17) is 9.36 Å². The highest BCUT2D eigenvalue weighted by molar-refractivity contribution is 6.01. The van der Waals surface area contributed by atoms with Crippen molar-refractivity contribution in [1.29, 1.82) is 0 Å². The fourth-order valence-electron chi connectivity index (χ4n) is 4.17. The molecule has 2 heterocycles. The molecular weight excluding hydrogens is 450 g/mol. The molecule has 35 heavy (non-hydrogen) atoms. The maximum absolute atomic E-state index is 12.9. The fourth-order valence-corrected chi connectivity index (χ4v) is 4.17. The van der Waals surface area contributed by atoms with E-state index in [-0.39, 0.29) is 25.2 Å². The van der Waals surface area contributed by atoms with E-state index in [0.717, 1.165) is 22.4 Å². The topological polar surface area (TPSA) is 119 Å². The van der Waals surface area contributed by atoms with E-state index in [9.17, 15) is 19.2 Å². The van der Waals surface area contributed by atoms with Crippen LogP contribution in [0.5, 0.6) is 0 Å². The van der Waals surface area contributed by atoms with Crippen molar-refractivity contribution in [2.75, 3.05) is 0 Å². The minimum absolute atomic E-state index is 0.0330. The molecule has 9 nitrogen and oxygen atoms in total. The number of aromatic nitrogens is 1. The first-order chi connectivity index (χ1) is 16.8. The van der Waals surface area contributed by atoms with Gasteiger partial charge in [-0.3, -0.25) is 14.4 Å². The number of carbonyl (C=O) groups excluding carboxylic acids is 4. The summed E-state index contributed by atoms with van der Waals surface area (Å²) < 4.78 is 5.44. The van der Waals surface area contributed by atoms with Gasteiger partial charge in [0.1, 0.15) is 11.5 Å². The van der Waals surface area contributed by atoms with Gasteiger partial charge in [-0.15, -0.1) is 5.06 Å². The van der Waals surface area contributed by atoms with Gasteiger partial charge in [0.2, 0.25) is 0 Å². The van der Waals surface area contributed by atoms with E-state index >= 15 is 0 Å². The van der Waals surface area contributed by atoms with Gasteiger partial charge in [0, 0.05) is 24.0 Å². The Kier molecular flexibility index (Phi) is 5.68. The van der Waals surface area contributed by atoms with Gasteiger partial charge in [-0.25, -0.2) is 4.79 Å². The van der Waals surface area contributed by atoms with Crippen LogP contribution >= 0.6 is 0 Å². The Hall–Kier alpha value is -4.27. The molecule has 0 atom stereocenters. The summed E-state index contributed by atoms with van der Waals surface area (Å²) >= 11 is 0. The van der Waals surface area contributed by atoms with Crippen molar-refractivity contribution in [3.05, 3.63) is 65.9 Å². The standard InChI is InChI=1S/C26H23N3O6/c1-16-23(24(28-34-16)18-5-3-2-4-6-18)17-7-9-19(10-8-17)25(33)27-26(13-14-26)15-22(32)35-29-20(30)11-12-21(29)31/h2-10H,11-15H2,1H3,(H,27,33). The monoisotopic (exact) mass is 473 g/mol. The van der Waals surface area contributed by atoms with Crippen molar-refractivity contribution < 1.29 is 28.5 Å². The minimum Gasteiger partial charge on any atom is -0.360 e. The van der Waals surface area contributed by atoms with Crippen molar-refractivity contribution in [2.24, 2.45) is 0 Å². The second-order valence-corrected chi connectivity index (χ2v) is 8.86. The lowest BCUT2D eigenvalue weighted by Crippen LogP contribution is -2.40. The van der Waals surface area contributed by atoms with Gasteiger partial charge >= 0.3 is 5.97 Å². The third-order valence-electron chi connectivity index (χ3n) is 6.26. The van der Waals surface area contributed by atoms with E-state index < -0.39 is 23.3 Å². The van der Waals surface area contributed by atoms with Crippen molar-refractivity contribution in [1.82, 2.24) is 15.5 Å². The molecule has 0 spiro atoms. The fraction of sp³-hybridized carbons (Fsp3) is 0.269. The summed E-state index contributed by atoms with van der Waals surface area (Å²) in [4.78, 5) is 53.4. The smallest absolute Gasteiger partial charge is 0.335 e. The zero-order chi connectivity index (χ0) is 24.6. The summed E-state index contributed by atoms with van der Waals surface area (Å²) in [7, 11) is 0. The zero-order valence-corrected chi connectivity index (χ0v) is 19.1. The quantitative estimate of drug-likeness (QED) is 0.521. The number of hydroxylamine groups is 2. The van der Waals surface area contributed by atoms with Gasteiger partial charge in [-0.2, -0.15) is 0 Å². The van der Waals surface area contributed by atoms with E-state index in [1.165, 1.54) is 0 Å². The Labute approximate surface area is 201 Å². The summed E-state index contributed by atoms with van der Waals surface area (Å²) in [5.41, 5.74) is 3.09. The molecule has 0 unspecified atom stereocenters. The van der Waals surface area contributed by atoms with Crippen molar-refractivity contribution in [2.45, 2.75) is 44.6 Å². The van der Waals surface area contributed by atoms with Crippen LogP contribution in [0, 0.1) is 6.92 Å². The van der Waals surface area contributed by atoms with Crippen LogP contribution in [-0.2, 0) is 19.2 Å². The molecule has 178 valence electrons. The van der Waals surface area contributed by atoms with Gasteiger partial charge in [0.15, 0.2) is 0 Å². The van der Waals surface area contributed by atoms with Gasteiger partial charge in [0.05, 0.1) is 17.5 Å². The van der Waals surface area contributed by atoms with E-state index in [1.807, 2.05) is 49.4 Å². The molecule has 5 rings (SSSR count). The lowest BCUT2D eigenvalue weighted by atomic mass is 9.98. The molecule has 1 saturated carbocycles. The Morgan fingerprint density at radius 2 is 1.66 bits per heavy atom. The molecule has 1 saturated heterocycles. The molecule has 0 bridgehead atoms. The van der Waals surface area contributed by atoms with Crippen molar-refractivity contribution in [3.63, 3.8) is 0 Å². The second kappa shape index (κ2) is 8.83. The molecule has 3 aromatic rings. The lowest BCUT2D eigenvalue weighted by molar-refractivity contribution is -0.198. The number of hydrogen-bond donors (Lipinski definition) is 1. The van der Waals surface area contributed by atoms with Crippen LogP contribution in [0.1, 0.15) is 48.2 Å². The van der Waals surface area contributed by atoms with Gasteiger partial charge in [0.25, 0.3) is 17.7 Å². The predicted molar refractivity (Wildman–Crippen MR) is 123 cm³/mol. The highest BCUT2D eigenvalue weighted by atomic mass is 16.7. The number of imide groups is 1. The number of nitrogens with one attached hydrogen (secondary N) is 1. The molecular formula is C26H23N3O6. The number of aryl methyl sites for hydroxylation is 1. The van der Waals surface area contributed by atoms with Crippen LogP contribution < -0.4 is 5.32 Å². The molecule has 3 amide bonds. The number of benzene rings is 2. The Balaban J connectivity index is 1.26. The summed E-state index contributed by atoms with van der Waals surface area (Å²) in [6.07, 6.45) is 1.16. The molecule has 2 aliphatic rings. The maximum atomic E-state index is 12.9. The molecule has 2 fully saturated rings. The summed E-state index contributed by atoms with van der Waals surface area (Å²) in [5, 5.41) is 7.64. The third-order valence-corrected chi connectivity index (χ3v) is 6.26. The normalized spacial score (nSPS) is 16.3. The third kappa shape index (κ3) is 4.57. The predicted octanol–water partition coefficient (Wildman–Crippen LogP) is 3.58. The first kappa shape index (κ1) is 22.5. The number of nitrogens with zero attached hydrogens (tertiary/aromatic N) is 2. The van der Waals surface area contributed by atoms with Crippen LogP contribution in [-0.4, -0.2) is 39.4 Å². The first-order valence-corrected chi connectivity index (χ1v) is 11.4. The Morgan fingerprint density at radius 1 is 1.00 bits per heavy atom. The van der Waals surface area contributed by atoms with Crippen LogP contribution in [0.3, 0.4) is 0 Å². The second-order valence-electron chi connectivity index (χ2n) is 8.86. The van der Waals surface area contributed by atoms with E-state index in [2.05, 4.69) is 10.5 Å². The SMILES string of the molecule is Cc1onc(-c2ccccc2)c1-c1ccc(C(=O)NC2(CC(=O)ON3C(=O)CCC3=O)CC2)cc1. The first-order valence-electron chi connectivity index (χ1n) is 11.4. The lowest BCUT2D eigenvalue weighted by Gasteiger charge is -2.18. The molecule has 1 aromatic heterocycles.